The summed E-state index contributed by atoms with van der Waals surface area (Å²) in [6.45, 7) is 15.0. The minimum absolute atomic E-state index is 0.0310. The number of rotatable bonds is 24. The lowest BCUT2D eigenvalue weighted by Gasteiger charge is -2.49. The second-order valence-corrected chi connectivity index (χ2v) is 26.3. The number of aliphatic hydroxyl groups excluding tert-OH is 3. The van der Waals surface area contributed by atoms with E-state index in [0.717, 1.165) is 46.5 Å². The summed E-state index contributed by atoms with van der Waals surface area (Å²) < 4.78 is 11.7. The van der Waals surface area contributed by atoms with E-state index >= 15 is 4.79 Å². The standard InChI is InChI=1S/C63H99ClN12O19/c1-11-13-14-15-16-17-21-37-54(86)68-38(22-18-24-76-30-36-46(51(83)63(76)23-19-25-94-63)47(64)52(84)62(10,50(36)82)95-45(81)20-12-2)55(87)74-48(34(8)77)60(92)67-33(7)53(85)70-41(28-43(65)79)57(89)72-42(29-44(66)80)58(90)71-40(27-32(5)6)59(91)75-49(35(9)78)61(93)73-39(26-31(3)4)56(88)69-37/h30-35,37-42,48-49,51,77-78,83H,11-29H2,1-10H3,(H2,65,79)(H2,66,80)(H,67,92)(H,68,86)(H,69,88)(H,70,85)(H,71,90)(H,72,89)(H,73,93)(H,74,87)(H,75,91)/t33-,34+,35+,37-,38-,39-,40-,41-,42-,48-,49-,51-,62-,63-/m0/s1. The number of carbonyl (C=O) groups excluding carboxylic acids is 14. The molecular weight excluding hydrogens is 1260 g/mol. The van der Waals surface area contributed by atoms with Crippen molar-refractivity contribution in [3.63, 3.8) is 0 Å². The van der Waals surface area contributed by atoms with E-state index in [1.165, 1.54) is 18.0 Å². The highest BCUT2D eigenvalue weighted by Gasteiger charge is 2.60. The fourth-order valence-corrected chi connectivity index (χ4v) is 12.0. The summed E-state index contributed by atoms with van der Waals surface area (Å²) in [5.74, 6) is -15.8. The minimum atomic E-state index is -2.42. The monoisotopic (exact) mass is 1360 g/mol. The van der Waals surface area contributed by atoms with Gasteiger partial charge in [0.1, 0.15) is 60.5 Å². The second-order valence-electron chi connectivity index (χ2n) is 25.9. The van der Waals surface area contributed by atoms with Gasteiger partial charge in [0.05, 0.1) is 30.1 Å². The highest BCUT2D eigenvalue weighted by Crippen LogP contribution is 2.48. The summed E-state index contributed by atoms with van der Waals surface area (Å²) in [5, 5.41) is 55.9. The highest BCUT2D eigenvalue weighted by molar-refractivity contribution is 6.49. The van der Waals surface area contributed by atoms with Crippen LogP contribution < -0.4 is 59.3 Å². The van der Waals surface area contributed by atoms with Crippen LogP contribution in [0.2, 0.25) is 0 Å². The third kappa shape index (κ3) is 22.0. The number of hydrogen-bond donors (Lipinski definition) is 14. The molecule has 0 aromatic rings. The Morgan fingerprint density at radius 1 is 0.600 bits per heavy atom. The van der Waals surface area contributed by atoms with Crippen LogP contribution in [0.4, 0.5) is 0 Å². The van der Waals surface area contributed by atoms with Gasteiger partial charge in [-0.25, -0.2) is 0 Å². The molecule has 2 saturated heterocycles. The molecule has 95 heavy (non-hydrogen) atoms. The number of unbranched alkanes of at least 4 members (excludes halogenated alkanes) is 5. The van der Waals surface area contributed by atoms with Gasteiger partial charge in [-0.2, -0.15) is 0 Å². The summed E-state index contributed by atoms with van der Waals surface area (Å²) in [6, 6.07) is -15.3. The molecule has 1 spiro atoms. The van der Waals surface area contributed by atoms with E-state index in [4.69, 9.17) is 32.5 Å². The van der Waals surface area contributed by atoms with E-state index in [0.29, 0.717) is 25.7 Å². The zero-order valence-corrected chi connectivity index (χ0v) is 56.7. The largest absolute Gasteiger partial charge is 0.442 e. The van der Waals surface area contributed by atoms with Crippen LogP contribution >= 0.6 is 11.6 Å². The van der Waals surface area contributed by atoms with Crippen LogP contribution in [0.15, 0.2) is 22.4 Å². The number of amides is 11. The van der Waals surface area contributed by atoms with Crippen molar-refractivity contribution in [3.05, 3.63) is 22.4 Å². The van der Waals surface area contributed by atoms with Crippen LogP contribution in [0.1, 0.15) is 178 Å². The third-order valence-electron chi connectivity index (χ3n) is 16.8. The molecule has 14 atom stereocenters. The van der Waals surface area contributed by atoms with Crippen molar-refractivity contribution in [2.45, 2.75) is 262 Å². The van der Waals surface area contributed by atoms with Crippen molar-refractivity contribution >= 4 is 94.1 Å². The first-order valence-electron chi connectivity index (χ1n) is 32.7. The number of carbonyl (C=O) groups is 14. The number of esters is 1. The molecule has 0 saturated carbocycles. The van der Waals surface area contributed by atoms with Gasteiger partial charge in [-0.05, 0) is 84.5 Å². The Morgan fingerprint density at radius 3 is 1.52 bits per heavy atom. The van der Waals surface area contributed by atoms with Crippen LogP contribution in [0.3, 0.4) is 0 Å². The Balaban J connectivity index is 1.89. The van der Waals surface area contributed by atoms with Gasteiger partial charge in [0.25, 0.3) is 0 Å². The number of nitrogens with zero attached hydrogens (tertiary/aromatic N) is 1. The van der Waals surface area contributed by atoms with Crippen LogP contribution in [-0.2, 0) is 76.6 Å². The summed E-state index contributed by atoms with van der Waals surface area (Å²) in [6.07, 6.45) is -1.28. The van der Waals surface area contributed by atoms with Crippen molar-refractivity contribution in [1.29, 1.82) is 0 Å². The first-order chi connectivity index (χ1) is 44.5. The number of nitrogens with two attached hydrogens (primary N) is 2. The fourth-order valence-electron chi connectivity index (χ4n) is 11.6. The summed E-state index contributed by atoms with van der Waals surface area (Å²) in [7, 11) is 0. The maximum Gasteiger partial charge on any atom is 0.307 e. The SMILES string of the molecule is CCCCCCCC[C@@H]1NC(=O)[C@H](CC(C)C)NC(=O)[C@H]([C@@H](C)O)NC(=O)[C@H](CC(C)C)NC(=O)[C@H](CC(N)=O)NC(=O)[C@H](CC(N)=O)NC(=O)[C@H](C)NC(=O)[C@H]([C@@H](C)O)NC(=O)[C@H](CCCN2C=C3C(=O)[C@](C)(OC(=O)CCC)C(=O)C(Cl)=C3[C@H](O)[C@@]23CCCO3)NC1=O. The number of ether oxygens (including phenoxy) is 2. The van der Waals surface area contributed by atoms with E-state index in [1.807, 2.05) is 6.92 Å². The molecule has 11 amide bonds. The van der Waals surface area contributed by atoms with Gasteiger partial charge in [0, 0.05) is 43.3 Å². The molecule has 0 aromatic carbocycles. The lowest BCUT2D eigenvalue weighted by atomic mass is 9.74. The number of fused-ring (bicyclic) bond motifs is 1. The number of ketones is 2. The van der Waals surface area contributed by atoms with Crippen LogP contribution in [0, 0.1) is 11.8 Å². The van der Waals surface area contributed by atoms with Gasteiger partial charge in [0.2, 0.25) is 82.1 Å². The molecular formula is C63H99ClN12O19. The Hall–Kier alpha value is -7.61. The van der Waals surface area contributed by atoms with Crippen LogP contribution in [-0.4, -0.2) is 200 Å². The van der Waals surface area contributed by atoms with Crippen molar-refractivity contribution in [3.8, 4) is 0 Å². The molecule has 2 fully saturated rings. The molecule has 0 unspecified atom stereocenters. The van der Waals surface area contributed by atoms with E-state index in [1.54, 1.807) is 34.6 Å². The Morgan fingerprint density at radius 2 is 1.03 bits per heavy atom. The van der Waals surface area contributed by atoms with Gasteiger partial charge in [-0.1, -0.05) is 91.7 Å². The van der Waals surface area contributed by atoms with Gasteiger partial charge in [0.15, 0.2) is 5.72 Å². The van der Waals surface area contributed by atoms with Gasteiger partial charge in [-0.3, -0.25) is 67.1 Å². The molecule has 0 bridgehead atoms. The van der Waals surface area contributed by atoms with Crippen molar-refractivity contribution < 1.29 is 91.9 Å². The second kappa shape index (κ2) is 36.5. The molecule has 16 N–H and O–H groups in total. The lowest BCUT2D eigenvalue weighted by Crippen LogP contribution is -2.62. The summed E-state index contributed by atoms with van der Waals surface area (Å²) in [5.41, 5.74) is 6.34. The molecule has 4 rings (SSSR count). The molecule has 31 nitrogen and oxygen atoms in total. The Kier molecular flexibility index (Phi) is 30.7. The number of aliphatic hydroxyl groups is 3. The average molecular weight is 1360 g/mol. The molecule has 3 aliphatic heterocycles. The fraction of sp³-hybridized carbons (Fsp3) is 0.714. The number of primary amides is 2. The van der Waals surface area contributed by atoms with Gasteiger partial charge in [-0.15, -0.1) is 0 Å². The normalized spacial score (nSPS) is 28.9. The Bertz CT molecular complexity index is 2910. The average Bonchev–Trinajstić information content (AvgIpc) is 1.65. The number of Topliss-reactive ketones (excluding diaryl/α,β-unsaturated/α-hetero) is 2. The topological polar surface area (TPSA) is 482 Å². The van der Waals surface area contributed by atoms with Crippen molar-refractivity contribution in [2.24, 2.45) is 23.3 Å². The molecule has 4 aliphatic rings. The van der Waals surface area contributed by atoms with Crippen LogP contribution in [0.25, 0.3) is 0 Å². The number of halogens is 1. The molecule has 32 heteroatoms. The lowest BCUT2D eigenvalue weighted by molar-refractivity contribution is -0.174. The maximum absolute atomic E-state index is 15.0. The van der Waals surface area contributed by atoms with Crippen molar-refractivity contribution in [2.75, 3.05) is 13.2 Å². The molecule has 0 aromatic heterocycles. The van der Waals surface area contributed by atoms with Crippen molar-refractivity contribution in [1.82, 2.24) is 52.8 Å². The highest BCUT2D eigenvalue weighted by atomic mass is 35.5. The summed E-state index contributed by atoms with van der Waals surface area (Å²) >= 11 is 6.67. The molecule has 3 heterocycles. The maximum atomic E-state index is 15.0. The summed E-state index contributed by atoms with van der Waals surface area (Å²) in [4.78, 5) is 196. The quantitative estimate of drug-likeness (QED) is 0.0292. The number of hydrogen-bond acceptors (Lipinski definition) is 20. The molecule has 1 aliphatic carbocycles. The number of nitrogens with one attached hydrogen (secondary N) is 9. The van der Waals surface area contributed by atoms with E-state index in [9.17, 15) is 77.6 Å². The van der Waals surface area contributed by atoms with E-state index in [-0.39, 0.29) is 81.1 Å². The third-order valence-corrected chi connectivity index (χ3v) is 17.1. The molecule has 532 valence electrons. The zero-order valence-electron chi connectivity index (χ0n) is 55.9. The zero-order chi connectivity index (χ0) is 71.4. The minimum Gasteiger partial charge on any atom is -0.442 e. The van der Waals surface area contributed by atoms with E-state index in [2.05, 4.69) is 47.9 Å². The first kappa shape index (κ1) is 79.8. The van der Waals surface area contributed by atoms with E-state index < -0.39 is 184 Å². The molecule has 0 radical (unpaired) electrons. The van der Waals surface area contributed by atoms with Gasteiger partial charge < -0.3 is 89.0 Å². The first-order valence-corrected chi connectivity index (χ1v) is 33.1. The van der Waals surface area contributed by atoms with Crippen LogP contribution in [0.5, 0.6) is 0 Å². The van der Waals surface area contributed by atoms with Gasteiger partial charge >= 0.3 is 5.97 Å². The predicted molar refractivity (Wildman–Crippen MR) is 341 cm³/mol. The Labute approximate surface area is 558 Å². The smallest absolute Gasteiger partial charge is 0.307 e. The predicted octanol–water partition coefficient (Wildman–Crippen LogP) is -1.67.